The summed E-state index contributed by atoms with van der Waals surface area (Å²) in [7, 11) is 0. The van der Waals surface area contributed by atoms with Crippen molar-refractivity contribution in [3.05, 3.63) is 9.89 Å². The number of hydrogen-bond donors (Lipinski definition) is 1. The quantitative estimate of drug-likeness (QED) is 0.650. The van der Waals surface area contributed by atoms with Crippen LogP contribution in [-0.2, 0) is 9.59 Å². The molecule has 2 rings (SSSR count). The van der Waals surface area contributed by atoms with Crippen LogP contribution in [0.25, 0.3) is 0 Å². The van der Waals surface area contributed by atoms with Crippen LogP contribution in [0.2, 0.25) is 0 Å². The summed E-state index contributed by atoms with van der Waals surface area (Å²) in [6.07, 6.45) is 0.648. The molecule has 0 aromatic carbocycles. The second-order valence-corrected chi connectivity index (χ2v) is 4.82. The molecule has 0 aromatic heterocycles. The molecular weight excluding hydrogens is 242 g/mol. The van der Waals surface area contributed by atoms with Gasteiger partial charge in [-0.1, -0.05) is 15.9 Å². The van der Waals surface area contributed by atoms with E-state index in [1.807, 2.05) is 5.41 Å². The molecule has 2 unspecified atom stereocenters. The third-order valence-corrected chi connectivity index (χ3v) is 4.08. The number of hydrogen-bond acceptors (Lipinski definition) is 3. The first kappa shape index (κ1) is 8.31. The first-order chi connectivity index (χ1) is 5.68. The minimum atomic E-state index is -0.196. The van der Waals surface area contributed by atoms with Gasteiger partial charge in [-0.3, -0.25) is 14.9 Å². The smallest absolute Gasteiger partial charge is 0.240 e. The Bertz CT molecular complexity index is 289. The van der Waals surface area contributed by atoms with Crippen LogP contribution in [0, 0.1) is 5.92 Å². The van der Waals surface area contributed by atoms with Gasteiger partial charge in [0.05, 0.1) is 5.92 Å². The number of rotatable bonds is 0. The predicted molar refractivity (Wildman–Crippen MR) is 49.6 cm³/mol. The standard InChI is InChI=1S/C7H6BrNO2S/c8-3-1-4-5(12-2-3)7(11)9-6(4)10/h2,4-5H,1H2,(H,9,10,11). The van der Waals surface area contributed by atoms with E-state index in [0.29, 0.717) is 6.42 Å². The maximum atomic E-state index is 11.2. The largest absolute Gasteiger partial charge is 0.295 e. The number of carbonyl (C=O) groups is 2. The van der Waals surface area contributed by atoms with Crippen LogP contribution in [0.15, 0.2) is 9.89 Å². The fraction of sp³-hybridized carbons (Fsp3) is 0.429. The second-order valence-electron chi connectivity index (χ2n) is 2.79. The lowest BCUT2D eigenvalue weighted by Gasteiger charge is -2.17. The molecule has 64 valence electrons. The Balaban J connectivity index is 2.27. The molecule has 1 saturated heterocycles. The van der Waals surface area contributed by atoms with E-state index in [9.17, 15) is 9.59 Å². The van der Waals surface area contributed by atoms with Crippen LogP contribution in [0.4, 0.5) is 0 Å². The van der Waals surface area contributed by atoms with E-state index >= 15 is 0 Å². The molecular formula is C7H6BrNO2S. The van der Waals surface area contributed by atoms with Crippen molar-refractivity contribution in [2.24, 2.45) is 5.92 Å². The van der Waals surface area contributed by atoms with Gasteiger partial charge >= 0.3 is 0 Å². The highest BCUT2D eigenvalue weighted by Crippen LogP contribution is 2.38. The minimum absolute atomic E-state index is 0.137. The summed E-state index contributed by atoms with van der Waals surface area (Å²) < 4.78 is 0.999. The molecule has 0 saturated carbocycles. The summed E-state index contributed by atoms with van der Waals surface area (Å²) in [5, 5.41) is 4.02. The zero-order valence-electron chi connectivity index (χ0n) is 6.04. The minimum Gasteiger partial charge on any atom is -0.295 e. The number of halogens is 1. The molecule has 2 aliphatic rings. The van der Waals surface area contributed by atoms with Gasteiger partial charge in [-0.2, -0.15) is 0 Å². The van der Waals surface area contributed by atoms with Crippen LogP contribution >= 0.6 is 27.7 Å². The van der Waals surface area contributed by atoms with Crippen molar-refractivity contribution >= 4 is 39.5 Å². The van der Waals surface area contributed by atoms with Crippen molar-refractivity contribution in [1.82, 2.24) is 5.32 Å². The number of carbonyl (C=O) groups excluding carboxylic acids is 2. The third-order valence-electron chi connectivity index (χ3n) is 1.96. The monoisotopic (exact) mass is 247 g/mol. The number of nitrogens with one attached hydrogen (secondary N) is 1. The van der Waals surface area contributed by atoms with E-state index in [0.717, 1.165) is 4.48 Å². The number of amides is 2. The van der Waals surface area contributed by atoms with E-state index < -0.39 is 0 Å². The summed E-state index contributed by atoms with van der Waals surface area (Å²) in [5.41, 5.74) is 0. The lowest BCUT2D eigenvalue weighted by atomic mass is 10.0. The van der Waals surface area contributed by atoms with Gasteiger partial charge in [-0.05, 0) is 11.8 Å². The average Bonchev–Trinajstić information content (AvgIpc) is 2.28. The maximum Gasteiger partial charge on any atom is 0.240 e. The molecule has 1 fully saturated rings. The van der Waals surface area contributed by atoms with Gasteiger partial charge in [-0.15, -0.1) is 11.8 Å². The third kappa shape index (κ3) is 1.21. The highest BCUT2D eigenvalue weighted by Gasteiger charge is 2.43. The van der Waals surface area contributed by atoms with Crippen molar-refractivity contribution < 1.29 is 9.59 Å². The van der Waals surface area contributed by atoms with Gasteiger partial charge in [0.1, 0.15) is 5.25 Å². The second kappa shape index (κ2) is 2.88. The Labute approximate surface area is 82.1 Å². The lowest BCUT2D eigenvalue weighted by molar-refractivity contribution is -0.125. The Morgan fingerprint density at radius 1 is 1.50 bits per heavy atom. The molecule has 0 aliphatic carbocycles. The van der Waals surface area contributed by atoms with Gasteiger partial charge in [0.25, 0.3) is 0 Å². The molecule has 2 heterocycles. The summed E-state index contributed by atoms with van der Waals surface area (Å²) in [4.78, 5) is 22.3. The van der Waals surface area contributed by atoms with Gasteiger partial charge in [0.2, 0.25) is 11.8 Å². The SMILES string of the molecule is O=C1NC(=O)C2SC=C(Br)CC12. The molecule has 2 amide bonds. The highest BCUT2D eigenvalue weighted by atomic mass is 79.9. The van der Waals surface area contributed by atoms with E-state index in [-0.39, 0.29) is 23.0 Å². The summed E-state index contributed by atoms with van der Waals surface area (Å²) in [6, 6.07) is 0. The van der Waals surface area contributed by atoms with Gasteiger partial charge < -0.3 is 0 Å². The van der Waals surface area contributed by atoms with Crippen LogP contribution in [0.1, 0.15) is 6.42 Å². The molecule has 0 radical (unpaired) electrons. The molecule has 2 atom stereocenters. The first-order valence-corrected chi connectivity index (χ1v) is 5.27. The Morgan fingerprint density at radius 3 is 3.00 bits per heavy atom. The summed E-state index contributed by atoms with van der Waals surface area (Å²) >= 11 is 4.73. The van der Waals surface area contributed by atoms with Crippen molar-refractivity contribution in [3.8, 4) is 0 Å². The van der Waals surface area contributed by atoms with Gasteiger partial charge in [0.15, 0.2) is 0 Å². The number of allylic oxidation sites excluding steroid dienone is 1. The maximum absolute atomic E-state index is 11.2. The number of fused-ring (bicyclic) bond motifs is 1. The van der Waals surface area contributed by atoms with Crippen LogP contribution in [0.3, 0.4) is 0 Å². The molecule has 5 heteroatoms. The van der Waals surface area contributed by atoms with Crippen molar-refractivity contribution in [2.45, 2.75) is 11.7 Å². The van der Waals surface area contributed by atoms with E-state index in [2.05, 4.69) is 21.2 Å². The topological polar surface area (TPSA) is 46.2 Å². The predicted octanol–water partition coefficient (Wildman–Crippen LogP) is 1.00. The first-order valence-electron chi connectivity index (χ1n) is 3.53. The summed E-state index contributed by atoms with van der Waals surface area (Å²) in [5.74, 6) is -0.448. The molecule has 0 aromatic rings. The summed E-state index contributed by atoms with van der Waals surface area (Å²) in [6.45, 7) is 0. The molecule has 12 heavy (non-hydrogen) atoms. The average molecular weight is 248 g/mol. The molecule has 3 nitrogen and oxygen atoms in total. The lowest BCUT2D eigenvalue weighted by Crippen LogP contribution is -2.22. The zero-order chi connectivity index (χ0) is 8.72. The van der Waals surface area contributed by atoms with Crippen molar-refractivity contribution in [3.63, 3.8) is 0 Å². The Morgan fingerprint density at radius 2 is 2.25 bits per heavy atom. The molecule has 2 aliphatic heterocycles. The number of imide groups is 1. The fourth-order valence-corrected chi connectivity index (χ4v) is 3.02. The molecule has 0 spiro atoms. The van der Waals surface area contributed by atoms with Crippen LogP contribution in [-0.4, -0.2) is 17.1 Å². The molecule has 1 N–H and O–H groups in total. The van der Waals surface area contributed by atoms with E-state index in [1.54, 1.807) is 0 Å². The van der Waals surface area contributed by atoms with Crippen molar-refractivity contribution in [2.75, 3.05) is 0 Å². The van der Waals surface area contributed by atoms with Gasteiger partial charge in [0, 0.05) is 4.48 Å². The number of thioether (sulfide) groups is 1. The van der Waals surface area contributed by atoms with E-state index in [1.165, 1.54) is 11.8 Å². The van der Waals surface area contributed by atoms with Crippen LogP contribution in [0.5, 0.6) is 0 Å². The molecule has 0 bridgehead atoms. The zero-order valence-corrected chi connectivity index (χ0v) is 8.44. The van der Waals surface area contributed by atoms with Crippen LogP contribution < -0.4 is 5.32 Å². The Hall–Kier alpha value is -0.290. The highest BCUT2D eigenvalue weighted by molar-refractivity contribution is 9.11. The van der Waals surface area contributed by atoms with E-state index in [4.69, 9.17) is 0 Å². The van der Waals surface area contributed by atoms with Gasteiger partial charge in [-0.25, -0.2) is 0 Å². The Kier molecular flexibility index (Phi) is 2.00. The fourth-order valence-electron chi connectivity index (χ4n) is 1.37. The van der Waals surface area contributed by atoms with Crippen molar-refractivity contribution in [1.29, 1.82) is 0 Å². The normalized spacial score (nSPS) is 34.2.